The van der Waals surface area contributed by atoms with Crippen molar-refractivity contribution in [1.29, 1.82) is 0 Å². The summed E-state index contributed by atoms with van der Waals surface area (Å²) >= 11 is 4.81. The van der Waals surface area contributed by atoms with Gasteiger partial charge in [0.25, 0.3) is 5.91 Å². The number of carbonyl (C=O) groups is 1. The average Bonchev–Trinajstić information content (AvgIpc) is 3.22. The fraction of sp³-hybridized carbons (Fsp3) is 0.714. The van der Waals surface area contributed by atoms with Crippen LogP contribution in [0.15, 0.2) is 3.92 Å². The van der Waals surface area contributed by atoms with Crippen molar-refractivity contribution >= 4 is 33.2 Å². The fourth-order valence-corrected chi connectivity index (χ4v) is 4.53. The van der Waals surface area contributed by atoms with Gasteiger partial charge in [0.1, 0.15) is 5.69 Å². The third-order valence-corrected chi connectivity index (χ3v) is 5.88. The number of piperazine rings is 1. The molecule has 0 bridgehead atoms. The number of amides is 1. The van der Waals surface area contributed by atoms with Gasteiger partial charge < -0.3 is 4.90 Å². The summed E-state index contributed by atoms with van der Waals surface area (Å²) in [6, 6.07) is -0.319. The van der Waals surface area contributed by atoms with Crippen molar-refractivity contribution in [3.63, 3.8) is 0 Å². The van der Waals surface area contributed by atoms with Crippen LogP contribution in [0.5, 0.6) is 0 Å². The smallest absolute Gasteiger partial charge is 0.334 e. The zero-order chi connectivity index (χ0) is 16.8. The standard InChI is InChI=1S/C14H17BrF3N3OS/c1-8-6-20(4-5-21(8)7-14(16,17)18)12(22)10-11(9-2-3-9)23-13(15)19-10/h8-9H,2-7H2,1H3. The molecule has 1 aliphatic heterocycles. The number of hydrogen-bond donors (Lipinski definition) is 0. The predicted octanol–water partition coefficient (Wildman–Crippen LogP) is 3.49. The Balaban J connectivity index is 1.68. The number of carbonyl (C=O) groups excluding carboxylic acids is 1. The monoisotopic (exact) mass is 411 g/mol. The van der Waals surface area contributed by atoms with E-state index in [-0.39, 0.29) is 18.5 Å². The van der Waals surface area contributed by atoms with Crippen LogP contribution in [0.25, 0.3) is 0 Å². The normalized spacial score (nSPS) is 23.3. The van der Waals surface area contributed by atoms with Crippen molar-refractivity contribution in [2.75, 3.05) is 26.2 Å². The van der Waals surface area contributed by atoms with E-state index in [1.807, 2.05) is 0 Å². The molecule has 0 radical (unpaired) electrons. The van der Waals surface area contributed by atoms with Crippen LogP contribution in [0, 0.1) is 0 Å². The molecule has 0 spiro atoms. The summed E-state index contributed by atoms with van der Waals surface area (Å²) < 4.78 is 38.3. The number of thiazole rings is 1. The fourth-order valence-electron chi connectivity index (χ4n) is 2.87. The largest absolute Gasteiger partial charge is 0.401 e. The van der Waals surface area contributed by atoms with E-state index in [2.05, 4.69) is 20.9 Å². The second kappa shape index (κ2) is 6.33. The van der Waals surface area contributed by atoms with Crippen LogP contribution < -0.4 is 0 Å². The van der Waals surface area contributed by atoms with Crippen LogP contribution >= 0.6 is 27.3 Å². The minimum Gasteiger partial charge on any atom is -0.334 e. The molecular formula is C14H17BrF3N3OS. The van der Waals surface area contributed by atoms with Crippen LogP contribution in [0.3, 0.4) is 0 Å². The lowest BCUT2D eigenvalue weighted by molar-refractivity contribution is -0.153. The van der Waals surface area contributed by atoms with E-state index in [9.17, 15) is 18.0 Å². The molecule has 2 heterocycles. The molecule has 4 nitrogen and oxygen atoms in total. The van der Waals surface area contributed by atoms with Crippen LogP contribution in [0.4, 0.5) is 13.2 Å². The Morgan fingerprint density at radius 2 is 2.09 bits per heavy atom. The van der Waals surface area contributed by atoms with Crippen molar-refractivity contribution in [3.8, 4) is 0 Å². The molecule has 0 N–H and O–H groups in total. The summed E-state index contributed by atoms with van der Waals surface area (Å²) in [6.45, 7) is 1.64. The number of alkyl halides is 3. The van der Waals surface area contributed by atoms with Gasteiger partial charge in [0, 0.05) is 30.6 Å². The molecule has 1 amide bonds. The quantitative estimate of drug-likeness (QED) is 0.763. The Labute approximate surface area is 144 Å². The zero-order valence-corrected chi connectivity index (χ0v) is 15.0. The predicted molar refractivity (Wildman–Crippen MR) is 84.8 cm³/mol. The second-order valence-electron chi connectivity index (χ2n) is 6.14. The van der Waals surface area contributed by atoms with Gasteiger partial charge in [-0.2, -0.15) is 13.2 Å². The summed E-state index contributed by atoms with van der Waals surface area (Å²) in [6.07, 6.45) is -2.06. The van der Waals surface area contributed by atoms with Crippen molar-refractivity contribution in [2.24, 2.45) is 0 Å². The minimum atomic E-state index is -4.21. The van der Waals surface area contributed by atoms with Crippen LogP contribution in [-0.4, -0.2) is 59.1 Å². The van der Waals surface area contributed by atoms with Gasteiger partial charge in [0.05, 0.1) is 6.54 Å². The van der Waals surface area contributed by atoms with E-state index in [0.29, 0.717) is 28.6 Å². The van der Waals surface area contributed by atoms with Gasteiger partial charge in [-0.3, -0.25) is 9.69 Å². The van der Waals surface area contributed by atoms with Gasteiger partial charge in [-0.25, -0.2) is 4.98 Å². The molecule has 3 rings (SSSR count). The van der Waals surface area contributed by atoms with Gasteiger partial charge in [0.15, 0.2) is 3.92 Å². The molecule has 1 saturated heterocycles. The van der Waals surface area contributed by atoms with Crippen molar-refractivity contribution in [1.82, 2.24) is 14.8 Å². The zero-order valence-electron chi connectivity index (χ0n) is 12.6. The molecule has 1 atom stereocenters. The first kappa shape index (κ1) is 17.2. The number of nitrogens with zero attached hydrogens (tertiary/aromatic N) is 3. The van der Waals surface area contributed by atoms with Crippen LogP contribution in [-0.2, 0) is 0 Å². The Hall–Kier alpha value is -0.670. The van der Waals surface area contributed by atoms with Crippen LogP contribution in [0.2, 0.25) is 0 Å². The average molecular weight is 412 g/mol. The SMILES string of the molecule is CC1CN(C(=O)c2nc(Br)sc2C2CC2)CCN1CC(F)(F)F. The summed E-state index contributed by atoms with van der Waals surface area (Å²) in [4.78, 5) is 21.0. The Kier molecular flexibility index (Phi) is 4.72. The first-order chi connectivity index (χ1) is 10.7. The number of hydrogen-bond acceptors (Lipinski definition) is 4. The Morgan fingerprint density at radius 1 is 1.39 bits per heavy atom. The third-order valence-electron chi connectivity index (χ3n) is 4.21. The number of aromatic nitrogens is 1. The third kappa shape index (κ3) is 4.06. The maximum absolute atomic E-state index is 12.7. The summed E-state index contributed by atoms with van der Waals surface area (Å²) in [7, 11) is 0. The highest BCUT2D eigenvalue weighted by atomic mass is 79.9. The minimum absolute atomic E-state index is 0.160. The maximum atomic E-state index is 12.7. The van der Waals surface area contributed by atoms with Crippen molar-refractivity contribution in [2.45, 2.75) is 37.9 Å². The number of halogens is 4. The van der Waals surface area contributed by atoms with Gasteiger partial charge in [-0.05, 0) is 41.6 Å². The summed E-state index contributed by atoms with van der Waals surface area (Å²) in [5, 5.41) is 0. The molecule has 128 valence electrons. The highest BCUT2D eigenvalue weighted by molar-refractivity contribution is 9.11. The van der Waals surface area contributed by atoms with Crippen molar-refractivity contribution in [3.05, 3.63) is 14.5 Å². The van der Waals surface area contributed by atoms with E-state index in [0.717, 1.165) is 17.7 Å². The van der Waals surface area contributed by atoms with E-state index < -0.39 is 12.7 Å². The molecule has 1 aromatic heterocycles. The molecule has 0 aromatic carbocycles. The summed E-state index contributed by atoms with van der Waals surface area (Å²) in [5.74, 6) is 0.258. The molecule has 1 aliphatic carbocycles. The van der Waals surface area contributed by atoms with E-state index in [1.54, 1.807) is 11.8 Å². The first-order valence-corrected chi connectivity index (χ1v) is 9.12. The van der Waals surface area contributed by atoms with Crippen molar-refractivity contribution < 1.29 is 18.0 Å². The molecule has 2 fully saturated rings. The molecular weight excluding hydrogens is 395 g/mol. The first-order valence-electron chi connectivity index (χ1n) is 7.51. The lowest BCUT2D eigenvalue weighted by Crippen LogP contribution is -2.55. The Morgan fingerprint density at radius 3 is 2.65 bits per heavy atom. The maximum Gasteiger partial charge on any atom is 0.401 e. The molecule has 2 aliphatic rings. The molecule has 23 heavy (non-hydrogen) atoms. The molecule has 1 unspecified atom stereocenters. The topological polar surface area (TPSA) is 36.4 Å². The lowest BCUT2D eigenvalue weighted by Gasteiger charge is -2.39. The van der Waals surface area contributed by atoms with Gasteiger partial charge in [-0.15, -0.1) is 11.3 Å². The van der Waals surface area contributed by atoms with Gasteiger partial charge in [-0.1, -0.05) is 0 Å². The van der Waals surface area contributed by atoms with E-state index in [4.69, 9.17) is 0 Å². The Bertz CT molecular complexity index is 603. The number of rotatable bonds is 3. The highest BCUT2D eigenvalue weighted by Gasteiger charge is 2.38. The molecule has 9 heteroatoms. The van der Waals surface area contributed by atoms with E-state index >= 15 is 0 Å². The molecule has 1 aromatic rings. The van der Waals surface area contributed by atoms with Gasteiger partial charge in [0.2, 0.25) is 0 Å². The lowest BCUT2D eigenvalue weighted by atomic mass is 10.1. The van der Waals surface area contributed by atoms with E-state index in [1.165, 1.54) is 16.2 Å². The highest BCUT2D eigenvalue weighted by Crippen LogP contribution is 2.45. The van der Waals surface area contributed by atoms with Crippen LogP contribution in [0.1, 0.15) is 41.0 Å². The van der Waals surface area contributed by atoms with Gasteiger partial charge >= 0.3 is 6.18 Å². The second-order valence-corrected chi connectivity index (χ2v) is 8.45. The molecule has 1 saturated carbocycles. The summed E-state index contributed by atoms with van der Waals surface area (Å²) in [5.41, 5.74) is 0.473.